The van der Waals surface area contributed by atoms with Crippen molar-refractivity contribution in [1.29, 1.82) is 0 Å². The van der Waals surface area contributed by atoms with E-state index in [1.165, 1.54) is 0 Å². The van der Waals surface area contributed by atoms with Crippen LogP contribution >= 0.6 is 0 Å². The Balaban J connectivity index is 1.29. The van der Waals surface area contributed by atoms with Gasteiger partial charge in [0.15, 0.2) is 5.78 Å². The van der Waals surface area contributed by atoms with Crippen molar-refractivity contribution in [2.75, 3.05) is 32.9 Å². The highest BCUT2D eigenvalue weighted by Gasteiger charge is 2.50. The molecule has 272 valence electrons. The van der Waals surface area contributed by atoms with E-state index in [9.17, 15) is 19.2 Å². The van der Waals surface area contributed by atoms with Crippen molar-refractivity contribution < 1.29 is 28.7 Å². The molecule has 3 heterocycles. The fourth-order valence-corrected chi connectivity index (χ4v) is 6.27. The standard InChI is InChI=1S/C40H51N5O6/c1-28(2)23-34(37(47)40(3)27-51-40)43-39(49)35(24-31-15-17-41-18-16-31)44-38(48)33(14-13-29-7-5-4-6-8-29)42-36(46)25-30-9-11-32(12-10-30)26-45-19-21-50-22-20-45/h4-12,15-18,28,33-35H,13-14,19-27H2,1-3H3,(H,42,46)(H,43,49)(H,44,48). The molecule has 0 spiro atoms. The van der Waals surface area contributed by atoms with E-state index in [0.717, 1.165) is 55.1 Å². The SMILES string of the molecule is CC(C)CC(NC(=O)C(Cc1ccncc1)NC(=O)C(CCc1ccccc1)NC(=O)Cc1ccc(CN2CCOCC2)cc1)C(=O)C1(C)CO1. The normalized spacial score (nSPS) is 19.1. The lowest BCUT2D eigenvalue weighted by Gasteiger charge is -2.27. The third-order valence-corrected chi connectivity index (χ3v) is 9.37. The average Bonchev–Trinajstić information content (AvgIpc) is 3.89. The van der Waals surface area contributed by atoms with E-state index < -0.39 is 35.5 Å². The molecule has 3 aromatic rings. The average molecular weight is 698 g/mol. The van der Waals surface area contributed by atoms with Gasteiger partial charge in [0, 0.05) is 38.4 Å². The number of ether oxygens (including phenoxy) is 2. The number of epoxide rings is 1. The number of benzene rings is 2. The zero-order valence-corrected chi connectivity index (χ0v) is 29.9. The number of amides is 3. The maximum atomic E-state index is 14.0. The maximum absolute atomic E-state index is 14.0. The summed E-state index contributed by atoms with van der Waals surface area (Å²) in [4.78, 5) is 61.1. The van der Waals surface area contributed by atoms with E-state index >= 15 is 0 Å². The minimum atomic E-state index is -1.01. The monoisotopic (exact) mass is 697 g/mol. The van der Waals surface area contributed by atoms with Gasteiger partial charge in [-0.2, -0.15) is 0 Å². The van der Waals surface area contributed by atoms with Crippen molar-refractivity contribution >= 4 is 23.5 Å². The summed E-state index contributed by atoms with van der Waals surface area (Å²) in [6.07, 6.45) is 4.83. The summed E-state index contributed by atoms with van der Waals surface area (Å²) >= 11 is 0. The van der Waals surface area contributed by atoms with E-state index in [2.05, 4.69) is 25.8 Å². The highest BCUT2D eigenvalue weighted by atomic mass is 16.6. The number of hydrogen-bond acceptors (Lipinski definition) is 8. The predicted molar refractivity (Wildman–Crippen MR) is 194 cm³/mol. The van der Waals surface area contributed by atoms with Crippen LogP contribution in [-0.2, 0) is 54.5 Å². The van der Waals surface area contributed by atoms with E-state index in [1.807, 2.05) is 68.4 Å². The van der Waals surface area contributed by atoms with Crippen molar-refractivity contribution in [2.24, 2.45) is 5.92 Å². The minimum absolute atomic E-state index is 0.105. The molecular weight excluding hydrogens is 646 g/mol. The van der Waals surface area contributed by atoms with Gasteiger partial charge in [0.25, 0.3) is 0 Å². The summed E-state index contributed by atoms with van der Waals surface area (Å²) in [6, 6.07) is 18.6. The predicted octanol–water partition coefficient (Wildman–Crippen LogP) is 3.19. The number of rotatable bonds is 18. The first-order valence-electron chi connectivity index (χ1n) is 18.0. The smallest absolute Gasteiger partial charge is 0.243 e. The number of Topliss-reactive ketones (excluding diaryl/α,β-unsaturated/α-hetero) is 1. The van der Waals surface area contributed by atoms with E-state index in [1.54, 1.807) is 31.5 Å². The zero-order chi connectivity index (χ0) is 36.2. The summed E-state index contributed by atoms with van der Waals surface area (Å²) in [5, 5.41) is 8.80. The molecule has 2 fully saturated rings. The summed E-state index contributed by atoms with van der Waals surface area (Å²) in [7, 11) is 0. The van der Waals surface area contributed by atoms with Crippen LogP contribution in [0.5, 0.6) is 0 Å². The fourth-order valence-electron chi connectivity index (χ4n) is 6.27. The highest BCUT2D eigenvalue weighted by Crippen LogP contribution is 2.29. The zero-order valence-electron chi connectivity index (χ0n) is 29.9. The number of aryl methyl sites for hydroxylation is 1. The first-order chi connectivity index (χ1) is 24.6. The highest BCUT2D eigenvalue weighted by molar-refractivity contribution is 5.98. The molecule has 0 bridgehead atoms. The Morgan fingerprint density at radius 3 is 2.06 bits per heavy atom. The van der Waals surface area contributed by atoms with Gasteiger partial charge in [-0.3, -0.25) is 29.1 Å². The number of morpholine rings is 1. The lowest BCUT2D eigenvalue weighted by Crippen LogP contribution is -2.57. The first kappa shape index (κ1) is 37.8. The third-order valence-electron chi connectivity index (χ3n) is 9.37. The van der Waals surface area contributed by atoms with Crippen molar-refractivity contribution in [1.82, 2.24) is 25.8 Å². The van der Waals surface area contributed by atoms with Gasteiger partial charge >= 0.3 is 0 Å². The van der Waals surface area contributed by atoms with Gasteiger partial charge in [-0.25, -0.2) is 0 Å². The fraction of sp³-hybridized carbons (Fsp3) is 0.475. The number of nitrogens with zero attached hydrogens (tertiary/aromatic N) is 2. The van der Waals surface area contributed by atoms with Crippen LogP contribution in [0.4, 0.5) is 0 Å². The third kappa shape index (κ3) is 11.8. The Morgan fingerprint density at radius 1 is 0.784 bits per heavy atom. The van der Waals surface area contributed by atoms with Crippen LogP contribution in [-0.4, -0.2) is 90.0 Å². The largest absolute Gasteiger partial charge is 0.379 e. The van der Waals surface area contributed by atoms with Crippen LogP contribution in [0, 0.1) is 5.92 Å². The van der Waals surface area contributed by atoms with Gasteiger partial charge in [-0.1, -0.05) is 68.4 Å². The summed E-state index contributed by atoms with van der Waals surface area (Å²) < 4.78 is 10.9. The number of aromatic nitrogens is 1. The molecule has 0 radical (unpaired) electrons. The second-order valence-electron chi connectivity index (χ2n) is 14.2. The van der Waals surface area contributed by atoms with E-state index in [4.69, 9.17) is 9.47 Å². The molecular formula is C40H51N5O6. The van der Waals surface area contributed by atoms with Crippen LogP contribution in [0.25, 0.3) is 0 Å². The minimum Gasteiger partial charge on any atom is -0.379 e. The molecule has 2 aliphatic heterocycles. The van der Waals surface area contributed by atoms with Crippen LogP contribution in [0.2, 0.25) is 0 Å². The molecule has 2 saturated heterocycles. The second kappa shape index (κ2) is 18.2. The Bertz CT molecular complexity index is 1590. The summed E-state index contributed by atoms with van der Waals surface area (Å²) in [6.45, 7) is 10.1. The number of carbonyl (C=O) groups is 4. The Hall–Kier alpha value is -4.45. The molecule has 2 aromatic carbocycles. The van der Waals surface area contributed by atoms with Gasteiger partial charge in [0.2, 0.25) is 17.7 Å². The molecule has 4 unspecified atom stereocenters. The number of pyridine rings is 1. The Kier molecular flexibility index (Phi) is 13.5. The van der Waals surface area contributed by atoms with Crippen molar-refractivity contribution in [3.8, 4) is 0 Å². The van der Waals surface area contributed by atoms with Gasteiger partial charge in [-0.15, -0.1) is 0 Å². The molecule has 0 saturated carbocycles. The van der Waals surface area contributed by atoms with Crippen molar-refractivity contribution in [2.45, 2.75) is 83.1 Å². The molecule has 11 nitrogen and oxygen atoms in total. The molecule has 0 aliphatic carbocycles. The van der Waals surface area contributed by atoms with Crippen LogP contribution in [0.15, 0.2) is 79.1 Å². The quantitative estimate of drug-likeness (QED) is 0.172. The van der Waals surface area contributed by atoms with Gasteiger partial charge < -0.3 is 25.4 Å². The van der Waals surface area contributed by atoms with E-state index in [0.29, 0.717) is 25.9 Å². The van der Waals surface area contributed by atoms with Crippen molar-refractivity contribution in [3.63, 3.8) is 0 Å². The first-order valence-corrected chi connectivity index (χ1v) is 18.0. The molecule has 51 heavy (non-hydrogen) atoms. The molecule has 3 amide bonds. The Morgan fingerprint density at radius 2 is 1.41 bits per heavy atom. The molecule has 11 heteroatoms. The molecule has 2 aliphatic rings. The van der Waals surface area contributed by atoms with Crippen LogP contribution < -0.4 is 16.0 Å². The lowest BCUT2D eigenvalue weighted by molar-refractivity contribution is -0.134. The molecule has 5 rings (SSSR count). The second-order valence-corrected chi connectivity index (χ2v) is 14.2. The Labute approximate surface area is 300 Å². The number of carbonyl (C=O) groups excluding carboxylic acids is 4. The summed E-state index contributed by atoms with van der Waals surface area (Å²) in [5.41, 5.74) is 2.90. The van der Waals surface area contributed by atoms with Gasteiger partial charge in [0.1, 0.15) is 17.7 Å². The van der Waals surface area contributed by atoms with Crippen LogP contribution in [0.3, 0.4) is 0 Å². The van der Waals surface area contributed by atoms with E-state index in [-0.39, 0.29) is 30.4 Å². The lowest BCUT2D eigenvalue weighted by atomic mass is 9.93. The molecule has 1 aromatic heterocycles. The molecule has 4 atom stereocenters. The number of nitrogens with one attached hydrogen (secondary N) is 3. The topological polar surface area (TPSA) is 142 Å². The number of hydrogen-bond donors (Lipinski definition) is 3. The maximum Gasteiger partial charge on any atom is 0.243 e. The summed E-state index contributed by atoms with van der Waals surface area (Å²) in [5.74, 6) is -1.29. The van der Waals surface area contributed by atoms with Crippen LogP contribution in [0.1, 0.15) is 55.9 Å². The number of ketones is 1. The van der Waals surface area contributed by atoms with Gasteiger partial charge in [0.05, 0.1) is 32.3 Å². The van der Waals surface area contributed by atoms with Crippen molar-refractivity contribution in [3.05, 3.63) is 101 Å². The molecule has 3 N–H and O–H groups in total. The van der Waals surface area contributed by atoms with Gasteiger partial charge in [-0.05, 0) is 66.5 Å².